The van der Waals surface area contributed by atoms with Gasteiger partial charge in [-0.2, -0.15) is 0 Å². The summed E-state index contributed by atoms with van der Waals surface area (Å²) >= 11 is 0. The molecular weight excluding hydrogens is 486 g/mol. The number of benzene rings is 3. The number of hydrogen-bond acceptors (Lipinski definition) is 4. The van der Waals surface area contributed by atoms with Gasteiger partial charge in [0.2, 0.25) is 5.91 Å². The Kier molecular flexibility index (Phi) is 8.01. The largest absolute Gasteiger partial charge is 0.493 e. The van der Waals surface area contributed by atoms with E-state index in [9.17, 15) is 4.79 Å². The first-order valence-corrected chi connectivity index (χ1v) is 13.8. The van der Waals surface area contributed by atoms with E-state index in [4.69, 9.17) is 14.5 Å². The predicted molar refractivity (Wildman–Crippen MR) is 158 cm³/mol. The average Bonchev–Trinajstić information content (AvgIpc) is 3.49. The number of rotatable bonds is 10. The lowest BCUT2D eigenvalue weighted by atomic mass is 10.1. The van der Waals surface area contributed by atoms with Gasteiger partial charge in [0.15, 0.2) is 11.5 Å². The number of amides is 1. The zero-order valence-electron chi connectivity index (χ0n) is 23.3. The van der Waals surface area contributed by atoms with Crippen molar-refractivity contribution >= 4 is 28.7 Å². The first kappa shape index (κ1) is 26.5. The second-order valence-electron chi connectivity index (χ2n) is 10.2. The molecule has 1 atom stereocenters. The molecule has 0 spiro atoms. The van der Waals surface area contributed by atoms with Gasteiger partial charge in [0, 0.05) is 31.1 Å². The predicted octanol–water partition coefficient (Wildman–Crippen LogP) is 7.07. The fraction of sp³-hybridized carbons (Fsp3) is 0.333. The first-order chi connectivity index (χ1) is 19.0. The fourth-order valence-electron chi connectivity index (χ4n) is 5.62. The summed E-state index contributed by atoms with van der Waals surface area (Å²) in [6, 6.07) is 20.4. The van der Waals surface area contributed by atoms with Crippen molar-refractivity contribution in [3.05, 3.63) is 89.3 Å². The molecular formula is C33H37N3O3. The molecule has 202 valence electrons. The number of fused-ring (bicyclic) bond motifs is 1. The van der Waals surface area contributed by atoms with Gasteiger partial charge in [-0.1, -0.05) is 48.6 Å². The van der Waals surface area contributed by atoms with Crippen molar-refractivity contribution in [3.8, 4) is 11.5 Å². The third-order valence-electron chi connectivity index (χ3n) is 7.46. The number of anilines is 1. The zero-order chi connectivity index (χ0) is 27.4. The highest BCUT2D eigenvalue weighted by Crippen LogP contribution is 2.36. The Hall–Kier alpha value is -4.06. The molecule has 6 heteroatoms. The number of para-hydroxylation sites is 3. The number of allylic oxidation sites excluding steroid dienone is 1. The van der Waals surface area contributed by atoms with Gasteiger partial charge in [0.1, 0.15) is 5.82 Å². The lowest BCUT2D eigenvalue weighted by Gasteiger charge is -2.21. The number of nitrogens with zero attached hydrogens (tertiary/aromatic N) is 3. The van der Waals surface area contributed by atoms with Crippen LogP contribution in [0.3, 0.4) is 0 Å². The number of hydrogen-bond donors (Lipinski definition) is 0. The molecule has 0 radical (unpaired) electrons. The number of imidazole rings is 1. The highest BCUT2D eigenvalue weighted by atomic mass is 16.5. The Morgan fingerprint density at radius 3 is 2.56 bits per heavy atom. The van der Waals surface area contributed by atoms with Crippen molar-refractivity contribution in [1.29, 1.82) is 0 Å². The normalized spacial score (nSPS) is 15.5. The standard InChI is InChI=1S/C33H37N3O3/c1-5-11-25-16-17-29(30(20-25)38-4)39-19-9-8-18-35-28-15-7-6-14-27(28)34-33(35)26-21-31(37)36(22-26)32-23(2)12-10-13-24(32)3/h5-7,10-17,20,26H,8-9,18-19,21-22H2,1-4H3/b11-5+. The maximum atomic E-state index is 13.2. The van der Waals surface area contributed by atoms with Crippen LogP contribution in [0, 0.1) is 13.8 Å². The third kappa shape index (κ3) is 5.56. The molecule has 1 unspecified atom stereocenters. The molecule has 39 heavy (non-hydrogen) atoms. The number of carbonyl (C=O) groups is 1. The molecule has 1 aromatic heterocycles. The lowest BCUT2D eigenvalue weighted by molar-refractivity contribution is -0.117. The van der Waals surface area contributed by atoms with E-state index in [0.717, 1.165) is 70.1 Å². The van der Waals surface area contributed by atoms with E-state index in [1.165, 1.54) is 0 Å². The zero-order valence-corrected chi connectivity index (χ0v) is 23.3. The number of aryl methyl sites for hydroxylation is 3. The van der Waals surface area contributed by atoms with Gasteiger partial charge in [-0.25, -0.2) is 4.98 Å². The van der Waals surface area contributed by atoms with Gasteiger partial charge < -0.3 is 18.9 Å². The van der Waals surface area contributed by atoms with Crippen LogP contribution in [0.2, 0.25) is 0 Å². The van der Waals surface area contributed by atoms with Crippen LogP contribution in [0.15, 0.2) is 66.7 Å². The van der Waals surface area contributed by atoms with E-state index >= 15 is 0 Å². The van der Waals surface area contributed by atoms with Crippen LogP contribution in [-0.4, -0.2) is 35.7 Å². The van der Waals surface area contributed by atoms with E-state index in [1.807, 2.05) is 54.3 Å². The molecule has 0 bridgehead atoms. The van der Waals surface area contributed by atoms with Crippen molar-refractivity contribution in [3.63, 3.8) is 0 Å². The van der Waals surface area contributed by atoms with Crippen molar-refractivity contribution in [2.75, 3.05) is 25.2 Å². The van der Waals surface area contributed by atoms with Crippen LogP contribution in [0.1, 0.15) is 54.6 Å². The highest BCUT2D eigenvalue weighted by molar-refractivity contribution is 5.98. The topological polar surface area (TPSA) is 56.6 Å². The monoisotopic (exact) mass is 523 g/mol. The second-order valence-corrected chi connectivity index (χ2v) is 10.2. The molecule has 1 saturated heterocycles. The smallest absolute Gasteiger partial charge is 0.227 e. The second kappa shape index (κ2) is 11.8. The Morgan fingerprint density at radius 1 is 1.00 bits per heavy atom. The van der Waals surface area contributed by atoms with Gasteiger partial charge in [-0.05, 0) is 74.6 Å². The molecule has 1 amide bonds. The summed E-state index contributed by atoms with van der Waals surface area (Å²) in [5, 5.41) is 0. The Labute approximate surface area is 230 Å². The molecule has 1 fully saturated rings. The van der Waals surface area contributed by atoms with Crippen LogP contribution >= 0.6 is 0 Å². The number of carbonyl (C=O) groups excluding carboxylic acids is 1. The van der Waals surface area contributed by atoms with E-state index < -0.39 is 0 Å². The molecule has 0 aliphatic carbocycles. The summed E-state index contributed by atoms with van der Waals surface area (Å²) in [4.78, 5) is 20.2. The fourth-order valence-corrected chi connectivity index (χ4v) is 5.62. The van der Waals surface area contributed by atoms with Gasteiger partial charge in [0.25, 0.3) is 0 Å². The molecule has 4 aromatic rings. The maximum Gasteiger partial charge on any atom is 0.227 e. The Balaban J connectivity index is 1.28. The summed E-state index contributed by atoms with van der Waals surface area (Å²) in [7, 11) is 1.67. The van der Waals surface area contributed by atoms with Gasteiger partial charge in [0.05, 0.1) is 24.8 Å². The van der Waals surface area contributed by atoms with E-state index in [-0.39, 0.29) is 11.8 Å². The summed E-state index contributed by atoms with van der Waals surface area (Å²) in [6.07, 6.45) is 6.35. The Bertz CT molecular complexity index is 1480. The number of aromatic nitrogens is 2. The van der Waals surface area contributed by atoms with Gasteiger partial charge >= 0.3 is 0 Å². The van der Waals surface area contributed by atoms with Crippen LogP contribution in [0.5, 0.6) is 11.5 Å². The van der Waals surface area contributed by atoms with Crippen LogP contribution in [0.25, 0.3) is 17.1 Å². The van der Waals surface area contributed by atoms with Gasteiger partial charge in [-0.3, -0.25) is 4.79 Å². The number of unbranched alkanes of at least 4 members (excludes halogenated alkanes) is 1. The molecule has 0 saturated carbocycles. The summed E-state index contributed by atoms with van der Waals surface area (Å²) in [6.45, 7) is 8.23. The quantitative estimate of drug-likeness (QED) is 0.209. The number of ether oxygens (including phenoxy) is 2. The lowest BCUT2D eigenvalue weighted by Crippen LogP contribution is -2.26. The minimum absolute atomic E-state index is 0.0557. The minimum atomic E-state index is 0.0557. The number of methoxy groups -OCH3 is 1. The van der Waals surface area contributed by atoms with Crippen LogP contribution in [0.4, 0.5) is 5.69 Å². The highest BCUT2D eigenvalue weighted by Gasteiger charge is 2.35. The van der Waals surface area contributed by atoms with Crippen LogP contribution in [-0.2, 0) is 11.3 Å². The molecule has 3 aromatic carbocycles. The molecule has 0 N–H and O–H groups in total. The third-order valence-corrected chi connectivity index (χ3v) is 7.46. The first-order valence-electron chi connectivity index (χ1n) is 13.8. The summed E-state index contributed by atoms with van der Waals surface area (Å²) in [5.74, 6) is 2.72. The summed E-state index contributed by atoms with van der Waals surface area (Å²) in [5.41, 5.74) is 6.48. The van der Waals surface area contributed by atoms with Gasteiger partial charge in [-0.15, -0.1) is 0 Å². The molecule has 1 aliphatic rings. The minimum Gasteiger partial charge on any atom is -0.493 e. The molecule has 5 rings (SSSR count). The van der Waals surface area contributed by atoms with Crippen molar-refractivity contribution in [2.24, 2.45) is 0 Å². The Morgan fingerprint density at radius 2 is 1.79 bits per heavy atom. The molecule has 2 heterocycles. The summed E-state index contributed by atoms with van der Waals surface area (Å²) < 4.78 is 13.9. The molecule has 6 nitrogen and oxygen atoms in total. The van der Waals surface area contributed by atoms with Crippen LogP contribution < -0.4 is 14.4 Å². The average molecular weight is 524 g/mol. The van der Waals surface area contributed by atoms with Crippen molar-refractivity contribution in [2.45, 2.75) is 52.5 Å². The SMILES string of the molecule is C/C=C/c1ccc(OCCCCn2c(C3CC(=O)N(c4c(C)cccc4C)C3)nc3ccccc32)c(OC)c1. The van der Waals surface area contributed by atoms with E-state index in [1.54, 1.807) is 7.11 Å². The van der Waals surface area contributed by atoms with E-state index in [2.05, 4.69) is 48.7 Å². The van der Waals surface area contributed by atoms with Crippen molar-refractivity contribution < 1.29 is 14.3 Å². The molecule has 1 aliphatic heterocycles. The maximum absolute atomic E-state index is 13.2. The van der Waals surface area contributed by atoms with Crippen molar-refractivity contribution in [1.82, 2.24) is 9.55 Å². The van der Waals surface area contributed by atoms with E-state index in [0.29, 0.717) is 19.6 Å².